The van der Waals surface area contributed by atoms with E-state index in [4.69, 9.17) is 0 Å². The molecule has 2 bridgehead atoms. The van der Waals surface area contributed by atoms with E-state index in [-0.39, 0.29) is 0 Å². The molecule has 5 unspecified atom stereocenters. The molecule has 1 aliphatic heterocycles. The normalized spacial score (nSPS) is 46.0. The van der Waals surface area contributed by atoms with Crippen LogP contribution in [-0.2, 0) is 0 Å². The van der Waals surface area contributed by atoms with Crippen molar-refractivity contribution in [3.63, 3.8) is 0 Å². The zero-order valence-corrected chi connectivity index (χ0v) is 12.2. The third-order valence-electron chi connectivity index (χ3n) is 5.87. The van der Waals surface area contributed by atoms with Crippen LogP contribution >= 0.6 is 0 Å². The maximum absolute atomic E-state index is 3.55. The van der Waals surface area contributed by atoms with Crippen LogP contribution in [0.3, 0.4) is 0 Å². The third kappa shape index (κ3) is 2.60. The van der Waals surface area contributed by atoms with E-state index in [2.05, 4.69) is 24.2 Å². The molecule has 1 saturated heterocycles. The Hall–Kier alpha value is -0.0800. The van der Waals surface area contributed by atoms with Gasteiger partial charge in [0.2, 0.25) is 0 Å². The summed E-state index contributed by atoms with van der Waals surface area (Å²) >= 11 is 0. The van der Waals surface area contributed by atoms with Gasteiger partial charge < -0.3 is 5.32 Å². The van der Waals surface area contributed by atoms with Crippen molar-refractivity contribution in [3.05, 3.63) is 0 Å². The van der Waals surface area contributed by atoms with Crippen molar-refractivity contribution in [3.8, 4) is 0 Å². The van der Waals surface area contributed by atoms with Crippen LogP contribution in [0.15, 0.2) is 0 Å². The highest BCUT2D eigenvalue weighted by Gasteiger charge is 2.40. The van der Waals surface area contributed by atoms with Crippen LogP contribution in [0.2, 0.25) is 0 Å². The minimum Gasteiger partial charge on any atom is -0.316 e. The van der Waals surface area contributed by atoms with Gasteiger partial charge in [0.05, 0.1) is 0 Å². The molecule has 18 heavy (non-hydrogen) atoms. The fraction of sp³-hybridized carbons (Fsp3) is 1.00. The van der Waals surface area contributed by atoms with Gasteiger partial charge in [-0.2, -0.15) is 0 Å². The van der Waals surface area contributed by atoms with Gasteiger partial charge in [0.25, 0.3) is 0 Å². The fourth-order valence-corrected chi connectivity index (χ4v) is 4.83. The molecule has 2 heteroatoms. The molecule has 104 valence electrons. The van der Waals surface area contributed by atoms with Gasteiger partial charge in [0, 0.05) is 18.6 Å². The van der Waals surface area contributed by atoms with Crippen molar-refractivity contribution >= 4 is 0 Å². The van der Waals surface area contributed by atoms with Crippen LogP contribution in [0, 0.1) is 17.8 Å². The summed E-state index contributed by atoms with van der Waals surface area (Å²) in [5, 5.41) is 3.55. The lowest BCUT2D eigenvalue weighted by Crippen LogP contribution is -2.44. The summed E-state index contributed by atoms with van der Waals surface area (Å²) in [6, 6.07) is 1.65. The Labute approximate surface area is 113 Å². The van der Waals surface area contributed by atoms with E-state index >= 15 is 0 Å². The van der Waals surface area contributed by atoms with E-state index in [1.807, 2.05) is 0 Å². The maximum Gasteiger partial charge on any atom is 0.0194 e. The number of likely N-dealkylation sites (tertiary alicyclic amines) is 1. The Morgan fingerprint density at radius 2 is 1.94 bits per heavy atom. The molecule has 3 aliphatic rings. The number of nitrogens with one attached hydrogen (secondary N) is 1. The predicted octanol–water partition coefficient (Wildman–Crippen LogP) is 2.89. The van der Waals surface area contributed by atoms with Crippen molar-refractivity contribution in [2.75, 3.05) is 20.1 Å². The number of fused-ring (bicyclic) bond motifs is 2. The lowest BCUT2D eigenvalue weighted by Gasteiger charge is -2.33. The van der Waals surface area contributed by atoms with Gasteiger partial charge in [0.15, 0.2) is 0 Å². The number of nitrogens with zero attached hydrogens (tertiary/aromatic N) is 1. The quantitative estimate of drug-likeness (QED) is 0.811. The van der Waals surface area contributed by atoms with Crippen LogP contribution in [0.25, 0.3) is 0 Å². The highest BCUT2D eigenvalue weighted by atomic mass is 15.2. The molecular formula is C16H30N2. The molecule has 2 nitrogen and oxygen atoms in total. The number of hydrogen-bond acceptors (Lipinski definition) is 2. The molecule has 0 spiro atoms. The third-order valence-corrected chi connectivity index (χ3v) is 5.87. The van der Waals surface area contributed by atoms with Gasteiger partial charge >= 0.3 is 0 Å². The molecule has 3 fully saturated rings. The van der Waals surface area contributed by atoms with Crippen LogP contribution in [-0.4, -0.2) is 37.1 Å². The van der Waals surface area contributed by atoms with Gasteiger partial charge in [-0.15, -0.1) is 0 Å². The second-order valence-corrected chi connectivity index (χ2v) is 7.21. The first-order valence-corrected chi connectivity index (χ1v) is 8.17. The molecule has 0 aromatic heterocycles. The average Bonchev–Trinajstić information content (AvgIpc) is 2.57. The minimum atomic E-state index is 0.725. The molecular weight excluding hydrogens is 220 g/mol. The standard InChI is InChI=1S/C16H30N2/c1-12-6-7-18(11-15(8-12)17-2)16-10-13-4-3-5-14(16)9-13/h12-17H,3-11H2,1-2H3. The average molecular weight is 250 g/mol. The van der Waals surface area contributed by atoms with E-state index in [9.17, 15) is 0 Å². The topological polar surface area (TPSA) is 15.3 Å². The van der Waals surface area contributed by atoms with Gasteiger partial charge in [-0.25, -0.2) is 0 Å². The molecule has 3 rings (SSSR count). The molecule has 0 radical (unpaired) electrons. The van der Waals surface area contributed by atoms with Crippen molar-refractivity contribution in [2.45, 2.75) is 64.0 Å². The first-order valence-electron chi connectivity index (χ1n) is 8.17. The van der Waals surface area contributed by atoms with Gasteiger partial charge in [-0.1, -0.05) is 19.8 Å². The molecule has 5 atom stereocenters. The Bertz CT molecular complexity index is 278. The van der Waals surface area contributed by atoms with E-state index in [1.165, 1.54) is 51.6 Å². The molecule has 2 saturated carbocycles. The molecule has 0 amide bonds. The minimum absolute atomic E-state index is 0.725. The Balaban J connectivity index is 1.67. The van der Waals surface area contributed by atoms with E-state index in [0.29, 0.717) is 0 Å². The lowest BCUT2D eigenvalue weighted by molar-refractivity contribution is 0.150. The van der Waals surface area contributed by atoms with Crippen molar-refractivity contribution in [1.29, 1.82) is 0 Å². The molecule has 0 aromatic carbocycles. The highest BCUT2D eigenvalue weighted by molar-refractivity contribution is 4.95. The summed E-state index contributed by atoms with van der Waals surface area (Å²) < 4.78 is 0. The molecule has 1 N–H and O–H groups in total. The largest absolute Gasteiger partial charge is 0.316 e. The monoisotopic (exact) mass is 250 g/mol. The summed E-state index contributed by atoms with van der Waals surface area (Å²) in [4.78, 5) is 2.86. The molecule has 2 aliphatic carbocycles. The van der Waals surface area contributed by atoms with E-state index < -0.39 is 0 Å². The van der Waals surface area contributed by atoms with Crippen LogP contribution < -0.4 is 5.32 Å². The smallest absolute Gasteiger partial charge is 0.0194 e. The molecule has 1 heterocycles. The summed E-state index contributed by atoms with van der Waals surface area (Å²) in [7, 11) is 2.15. The van der Waals surface area contributed by atoms with E-state index in [0.717, 1.165) is 29.8 Å². The SMILES string of the molecule is CNC1CC(C)CCN(C2CC3CCCC2C3)C1. The summed E-state index contributed by atoms with van der Waals surface area (Å²) in [5.74, 6) is 3.00. The van der Waals surface area contributed by atoms with Gasteiger partial charge in [-0.05, 0) is 63.5 Å². The van der Waals surface area contributed by atoms with Crippen LogP contribution in [0.1, 0.15) is 51.9 Å². The number of rotatable bonds is 2. The zero-order valence-electron chi connectivity index (χ0n) is 12.2. The summed E-state index contributed by atoms with van der Waals surface area (Å²) in [5.41, 5.74) is 0. The van der Waals surface area contributed by atoms with Crippen LogP contribution in [0.5, 0.6) is 0 Å². The second-order valence-electron chi connectivity index (χ2n) is 7.21. The van der Waals surface area contributed by atoms with Gasteiger partial charge in [0.1, 0.15) is 0 Å². The Morgan fingerprint density at radius 1 is 1.06 bits per heavy atom. The number of hydrogen-bond donors (Lipinski definition) is 1. The van der Waals surface area contributed by atoms with Crippen molar-refractivity contribution in [1.82, 2.24) is 10.2 Å². The highest BCUT2D eigenvalue weighted by Crippen LogP contribution is 2.44. The first-order chi connectivity index (χ1) is 8.76. The number of likely N-dealkylation sites (N-methyl/N-ethyl adjacent to an activating group) is 1. The lowest BCUT2D eigenvalue weighted by atomic mass is 9.88. The van der Waals surface area contributed by atoms with Crippen molar-refractivity contribution in [2.24, 2.45) is 17.8 Å². The van der Waals surface area contributed by atoms with Gasteiger partial charge in [-0.3, -0.25) is 4.90 Å². The first kappa shape index (κ1) is 12.9. The molecule has 0 aromatic rings. The maximum atomic E-state index is 3.55. The van der Waals surface area contributed by atoms with Crippen molar-refractivity contribution < 1.29 is 0 Å². The predicted molar refractivity (Wildman–Crippen MR) is 76.7 cm³/mol. The summed E-state index contributed by atoms with van der Waals surface area (Å²) in [6.45, 7) is 5.09. The zero-order chi connectivity index (χ0) is 12.5. The second kappa shape index (κ2) is 5.50. The van der Waals surface area contributed by atoms with Crippen LogP contribution in [0.4, 0.5) is 0 Å². The summed E-state index contributed by atoms with van der Waals surface area (Å²) in [6.07, 6.45) is 10.4. The van der Waals surface area contributed by atoms with E-state index in [1.54, 1.807) is 6.42 Å². The Morgan fingerprint density at radius 3 is 2.72 bits per heavy atom. The Kier molecular flexibility index (Phi) is 3.95. The fourth-order valence-electron chi connectivity index (χ4n) is 4.83.